The highest BCUT2D eigenvalue weighted by atomic mass is 16.2. The van der Waals surface area contributed by atoms with Crippen molar-refractivity contribution in [2.45, 2.75) is 31.7 Å². The van der Waals surface area contributed by atoms with Crippen molar-refractivity contribution in [1.29, 1.82) is 0 Å². The predicted octanol–water partition coefficient (Wildman–Crippen LogP) is 0.989. The van der Waals surface area contributed by atoms with Gasteiger partial charge in [-0.15, -0.1) is 0 Å². The standard InChI is InChI=1S/C16H23N3O2/c1-16(17,13-8-4-2-5-9-13)15(21)18-12-14(20)19-10-6-3-7-11-19/h2,4-5,8-9H,3,6-7,10-12,17H2,1H3,(H,18,21). The smallest absolute Gasteiger partial charge is 0.244 e. The Labute approximate surface area is 125 Å². The van der Waals surface area contributed by atoms with Crippen LogP contribution in [-0.2, 0) is 15.1 Å². The number of carbonyl (C=O) groups is 2. The number of nitrogens with zero attached hydrogens (tertiary/aromatic N) is 1. The molecule has 0 bridgehead atoms. The monoisotopic (exact) mass is 289 g/mol. The van der Waals surface area contributed by atoms with Gasteiger partial charge in [-0.25, -0.2) is 0 Å². The first-order valence-corrected chi connectivity index (χ1v) is 7.42. The zero-order valence-electron chi connectivity index (χ0n) is 12.5. The molecule has 5 heteroatoms. The summed E-state index contributed by atoms with van der Waals surface area (Å²) < 4.78 is 0. The average molecular weight is 289 g/mol. The predicted molar refractivity (Wildman–Crippen MR) is 81.4 cm³/mol. The molecule has 3 N–H and O–H groups in total. The fraction of sp³-hybridized carbons (Fsp3) is 0.500. The van der Waals surface area contributed by atoms with E-state index in [0.717, 1.165) is 31.5 Å². The highest BCUT2D eigenvalue weighted by molar-refractivity contribution is 5.90. The Hall–Kier alpha value is -1.88. The summed E-state index contributed by atoms with van der Waals surface area (Å²) in [5.74, 6) is -0.369. The van der Waals surface area contributed by atoms with Gasteiger partial charge in [-0.3, -0.25) is 9.59 Å². The van der Waals surface area contributed by atoms with Gasteiger partial charge < -0.3 is 16.0 Å². The number of piperidine rings is 1. The van der Waals surface area contributed by atoms with E-state index in [1.165, 1.54) is 6.42 Å². The molecule has 2 amide bonds. The lowest BCUT2D eigenvalue weighted by molar-refractivity contribution is -0.134. The van der Waals surface area contributed by atoms with Gasteiger partial charge in [-0.05, 0) is 31.7 Å². The SMILES string of the molecule is CC(N)(C(=O)NCC(=O)N1CCCCC1)c1ccccc1. The number of nitrogens with two attached hydrogens (primary N) is 1. The van der Waals surface area contributed by atoms with Crippen LogP contribution in [0, 0.1) is 0 Å². The molecular formula is C16H23N3O2. The molecule has 0 spiro atoms. The van der Waals surface area contributed by atoms with E-state index in [2.05, 4.69) is 5.32 Å². The van der Waals surface area contributed by atoms with Gasteiger partial charge in [-0.1, -0.05) is 30.3 Å². The Kier molecular flexibility index (Phi) is 4.96. The van der Waals surface area contributed by atoms with Crippen molar-refractivity contribution in [2.24, 2.45) is 5.73 Å². The summed E-state index contributed by atoms with van der Waals surface area (Å²) in [5.41, 5.74) is 5.70. The van der Waals surface area contributed by atoms with Crippen molar-refractivity contribution in [3.8, 4) is 0 Å². The first-order valence-electron chi connectivity index (χ1n) is 7.42. The maximum absolute atomic E-state index is 12.2. The molecule has 5 nitrogen and oxygen atoms in total. The summed E-state index contributed by atoms with van der Waals surface area (Å²) in [6.07, 6.45) is 3.25. The van der Waals surface area contributed by atoms with Crippen molar-refractivity contribution in [2.75, 3.05) is 19.6 Å². The summed E-state index contributed by atoms with van der Waals surface area (Å²) in [7, 11) is 0. The molecule has 0 saturated carbocycles. The molecule has 1 unspecified atom stereocenters. The van der Waals surface area contributed by atoms with Crippen LogP contribution in [-0.4, -0.2) is 36.3 Å². The van der Waals surface area contributed by atoms with Gasteiger partial charge in [0.25, 0.3) is 0 Å². The Bertz CT molecular complexity index is 494. The molecule has 21 heavy (non-hydrogen) atoms. The lowest BCUT2D eigenvalue weighted by Gasteiger charge is -2.28. The molecule has 114 valence electrons. The molecule has 1 aliphatic heterocycles. The highest BCUT2D eigenvalue weighted by Crippen LogP contribution is 2.17. The van der Waals surface area contributed by atoms with Crippen LogP contribution < -0.4 is 11.1 Å². The molecule has 1 aliphatic rings. The zero-order chi connectivity index (χ0) is 15.3. The van der Waals surface area contributed by atoms with Gasteiger partial charge in [0.05, 0.1) is 6.54 Å². The van der Waals surface area contributed by atoms with Crippen LogP contribution in [0.4, 0.5) is 0 Å². The number of carbonyl (C=O) groups excluding carboxylic acids is 2. The Morgan fingerprint density at radius 1 is 1.19 bits per heavy atom. The maximum atomic E-state index is 12.2. The van der Waals surface area contributed by atoms with Crippen molar-refractivity contribution < 1.29 is 9.59 Å². The normalized spacial score (nSPS) is 17.9. The molecule has 2 rings (SSSR count). The molecule has 1 saturated heterocycles. The molecule has 0 radical (unpaired) electrons. The Morgan fingerprint density at radius 3 is 2.43 bits per heavy atom. The van der Waals surface area contributed by atoms with Crippen LogP contribution in [0.5, 0.6) is 0 Å². The number of nitrogens with one attached hydrogen (secondary N) is 1. The third kappa shape index (κ3) is 3.82. The average Bonchev–Trinajstić information content (AvgIpc) is 2.53. The Balaban J connectivity index is 1.90. The number of amides is 2. The molecule has 0 aromatic heterocycles. The number of likely N-dealkylation sites (tertiary alicyclic amines) is 1. The lowest BCUT2D eigenvalue weighted by atomic mass is 9.92. The van der Waals surface area contributed by atoms with Crippen molar-refractivity contribution in [1.82, 2.24) is 10.2 Å². The van der Waals surface area contributed by atoms with E-state index < -0.39 is 5.54 Å². The van der Waals surface area contributed by atoms with Crippen LogP contribution in [0.25, 0.3) is 0 Å². The fourth-order valence-corrected chi connectivity index (χ4v) is 2.51. The summed E-state index contributed by atoms with van der Waals surface area (Å²) in [6.45, 7) is 3.24. The van der Waals surface area contributed by atoms with Crippen molar-refractivity contribution in [3.63, 3.8) is 0 Å². The maximum Gasteiger partial charge on any atom is 0.244 e. The van der Waals surface area contributed by atoms with E-state index in [4.69, 9.17) is 5.73 Å². The number of hydrogen-bond donors (Lipinski definition) is 2. The van der Waals surface area contributed by atoms with Crippen LogP contribution in [0.3, 0.4) is 0 Å². The van der Waals surface area contributed by atoms with Crippen LogP contribution in [0.1, 0.15) is 31.7 Å². The van der Waals surface area contributed by atoms with E-state index >= 15 is 0 Å². The van der Waals surface area contributed by atoms with Gasteiger partial charge in [-0.2, -0.15) is 0 Å². The van der Waals surface area contributed by atoms with E-state index in [1.54, 1.807) is 11.8 Å². The summed E-state index contributed by atoms with van der Waals surface area (Å²) >= 11 is 0. The van der Waals surface area contributed by atoms with E-state index in [9.17, 15) is 9.59 Å². The van der Waals surface area contributed by atoms with Gasteiger partial charge >= 0.3 is 0 Å². The minimum atomic E-state index is -1.14. The molecule has 1 aromatic carbocycles. The van der Waals surface area contributed by atoms with Gasteiger partial charge in [0.2, 0.25) is 11.8 Å². The topological polar surface area (TPSA) is 75.4 Å². The van der Waals surface area contributed by atoms with Crippen molar-refractivity contribution in [3.05, 3.63) is 35.9 Å². The first kappa shape index (κ1) is 15.5. The molecule has 1 fully saturated rings. The van der Waals surface area contributed by atoms with Crippen LogP contribution in [0.15, 0.2) is 30.3 Å². The van der Waals surface area contributed by atoms with Gasteiger partial charge in [0, 0.05) is 13.1 Å². The third-order valence-electron chi connectivity index (χ3n) is 3.95. The molecule has 0 aliphatic carbocycles. The number of benzene rings is 1. The summed E-state index contributed by atoms with van der Waals surface area (Å²) in [4.78, 5) is 26.1. The van der Waals surface area contributed by atoms with Crippen LogP contribution >= 0.6 is 0 Å². The van der Waals surface area contributed by atoms with Gasteiger partial charge in [0.1, 0.15) is 5.54 Å². The summed E-state index contributed by atoms with van der Waals surface area (Å²) in [6, 6.07) is 9.18. The quantitative estimate of drug-likeness (QED) is 0.868. The third-order valence-corrected chi connectivity index (χ3v) is 3.95. The van der Waals surface area contributed by atoms with Crippen LogP contribution in [0.2, 0.25) is 0 Å². The second-order valence-corrected chi connectivity index (χ2v) is 5.69. The number of hydrogen-bond acceptors (Lipinski definition) is 3. The second kappa shape index (κ2) is 6.72. The minimum Gasteiger partial charge on any atom is -0.345 e. The zero-order valence-corrected chi connectivity index (χ0v) is 12.5. The minimum absolute atomic E-state index is 0.0124. The molecule has 1 atom stereocenters. The van der Waals surface area contributed by atoms with E-state index in [0.29, 0.717) is 0 Å². The first-order chi connectivity index (χ1) is 10.0. The fourth-order valence-electron chi connectivity index (χ4n) is 2.51. The molecule has 1 heterocycles. The largest absolute Gasteiger partial charge is 0.345 e. The summed E-state index contributed by atoms with van der Waals surface area (Å²) in [5, 5.41) is 2.66. The van der Waals surface area contributed by atoms with Gasteiger partial charge in [0.15, 0.2) is 0 Å². The highest BCUT2D eigenvalue weighted by Gasteiger charge is 2.30. The Morgan fingerprint density at radius 2 is 1.81 bits per heavy atom. The molecule has 1 aromatic rings. The van der Waals surface area contributed by atoms with E-state index in [1.807, 2.05) is 30.3 Å². The van der Waals surface area contributed by atoms with Crippen molar-refractivity contribution >= 4 is 11.8 Å². The number of rotatable bonds is 4. The van der Waals surface area contributed by atoms with E-state index in [-0.39, 0.29) is 18.4 Å². The molecular weight excluding hydrogens is 266 g/mol. The lowest BCUT2D eigenvalue weighted by Crippen LogP contribution is -2.52. The second-order valence-electron chi connectivity index (χ2n) is 5.69.